The molecule has 0 amide bonds. The van der Waals surface area contributed by atoms with Crippen LogP contribution >= 0.6 is 0 Å². The molecule has 0 bridgehead atoms. The van der Waals surface area contributed by atoms with E-state index in [-0.39, 0.29) is 12.0 Å². The zero-order chi connectivity index (χ0) is 10.9. The fraction of sp³-hybridized carbons (Fsp3) is 0.900. The van der Waals surface area contributed by atoms with Gasteiger partial charge in [0.25, 0.3) is 0 Å². The number of nitrogens with one attached hydrogen (secondary N) is 1. The lowest BCUT2D eigenvalue weighted by atomic mass is 9.79. The summed E-state index contributed by atoms with van der Waals surface area (Å²) in [5, 5.41) is 10.2. The summed E-state index contributed by atoms with van der Waals surface area (Å²) in [6.45, 7) is 4.73. The smallest absolute Gasteiger partial charge is 0.338 e. The molecular formula is C10H20NO3+. The van der Waals surface area contributed by atoms with Crippen LogP contribution in [0.25, 0.3) is 0 Å². The standard InChI is InChI=1S/C10H19NO3/c1-7-6-11(3)8(2)5-10(7,13)9(12)14-4/h7-8,13H,5-6H2,1-4H3/p+1/t7-,8+,10+/m1/s1. The molecule has 14 heavy (non-hydrogen) atoms. The molecule has 0 aliphatic carbocycles. The molecule has 1 aliphatic heterocycles. The summed E-state index contributed by atoms with van der Waals surface area (Å²) in [6.07, 6.45) is 0.479. The number of carbonyl (C=O) groups is 1. The quantitative estimate of drug-likeness (QED) is 0.527. The SMILES string of the molecule is COC(=O)[C@]1(O)C[C@H](C)[NH+](C)C[C@H]1C. The van der Waals surface area contributed by atoms with Crippen molar-refractivity contribution in [2.45, 2.75) is 31.9 Å². The molecule has 1 rings (SSSR count). The average molecular weight is 202 g/mol. The van der Waals surface area contributed by atoms with Gasteiger partial charge in [-0.1, -0.05) is 6.92 Å². The van der Waals surface area contributed by atoms with Crippen molar-refractivity contribution in [2.24, 2.45) is 5.92 Å². The highest BCUT2D eigenvalue weighted by molar-refractivity contribution is 5.79. The predicted octanol–water partition coefficient (Wildman–Crippen LogP) is -1.17. The fourth-order valence-corrected chi connectivity index (χ4v) is 2.16. The highest BCUT2D eigenvalue weighted by atomic mass is 16.5. The Labute approximate surface area is 84.8 Å². The van der Waals surface area contributed by atoms with Crippen molar-refractivity contribution < 1.29 is 19.5 Å². The molecule has 82 valence electrons. The number of quaternary nitrogens is 1. The van der Waals surface area contributed by atoms with Crippen molar-refractivity contribution >= 4 is 5.97 Å². The molecule has 0 aromatic heterocycles. The highest BCUT2D eigenvalue weighted by Gasteiger charge is 2.50. The van der Waals surface area contributed by atoms with Crippen LogP contribution in [0.5, 0.6) is 0 Å². The van der Waals surface area contributed by atoms with E-state index < -0.39 is 11.6 Å². The van der Waals surface area contributed by atoms with Gasteiger partial charge in [-0.05, 0) is 6.92 Å². The maximum Gasteiger partial charge on any atom is 0.338 e. The van der Waals surface area contributed by atoms with Crippen molar-refractivity contribution in [1.29, 1.82) is 0 Å². The van der Waals surface area contributed by atoms with Crippen molar-refractivity contribution in [3.63, 3.8) is 0 Å². The number of likely N-dealkylation sites (tertiary alicyclic amines) is 1. The molecule has 1 fully saturated rings. The van der Waals surface area contributed by atoms with Gasteiger partial charge in [-0.2, -0.15) is 0 Å². The number of rotatable bonds is 1. The first-order valence-electron chi connectivity index (χ1n) is 5.05. The first kappa shape index (κ1) is 11.5. The summed E-state index contributed by atoms with van der Waals surface area (Å²) in [5.41, 5.74) is -1.28. The Hall–Kier alpha value is -0.610. The molecule has 2 N–H and O–H groups in total. The number of ether oxygens (including phenoxy) is 1. The molecule has 1 heterocycles. The van der Waals surface area contributed by atoms with Gasteiger partial charge < -0.3 is 14.7 Å². The number of carbonyl (C=O) groups excluding carboxylic acids is 1. The van der Waals surface area contributed by atoms with Gasteiger partial charge in [-0.3, -0.25) is 0 Å². The minimum Gasteiger partial charge on any atom is -0.467 e. The molecule has 4 nitrogen and oxygen atoms in total. The van der Waals surface area contributed by atoms with E-state index in [0.29, 0.717) is 6.42 Å². The molecule has 0 spiro atoms. The van der Waals surface area contributed by atoms with Crippen LogP contribution in [-0.2, 0) is 9.53 Å². The van der Waals surface area contributed by atoms with Crippen molar-refractivity contribution in [2.75, 3.05) is 20.7 Å². The van der Waals surface area contributed by atoms with Crippen molar-refractivity contribution in [3.05, 3.63) is 0 Å². The van der Waals surface area contributed by atoms with E-state index in [1.807, 2.05) is 13.8 Å². The van der Waals surface area contributed by atoms with Crippen LogP contribution in [0.3, 0.4) is 0 Å². The van der Waals surface area contributed by atoms with Gasteiger partial charge in [0.1, 0.15) is 0 Å². The molecular weight excluding hydrogens is 182 g/mol. The molecule has 0 radical (unpaired) electrons. The Morgan fingerprint density at radius 3 is 2.64 bits per heavy atom. The Morgan fingerprint density at radius 2 is 2.14 bits per heavy atom. The van der Waals surface area contributed by atoms with Crippen LogP contribution in [0.4, 0.5) is 0 Å². The van der Waals surface area contributed by atoms with E-state index in [9.17, 15) is 9.90 Å². The maximum absolute atomic E-state index is 11.5. The lowest BCUT2D eigenvalue weighted by molar-refractivity contribution is -0.915. The highest BCUT2D eigenvalue weighted by Crippen LogP contribution is 2.26. The Morgan fingerprint density at radius 1 is 1.57 bits per heavy atom. The molecule has 4 atom stereocenters. The third-order valence-corrected chi connectivity index (χ3v) is 3.44. The lowest BCUT2D eigenvalue weighted by Gasteiger charge is -2.41. The summed E-state index contributed by atoms with van der Waals surface area (Å²) < 4.78 is 4.65. The average Bonchev–Trinajstić information content (AvgIpc) is 2.13. The second-order valence-corrected chi connectivity index (χ2v) is 4.47. The number of hydrogen-bond donors (Lipinski definition) is 2. The van der Waals surface area contributed by atoms with E-state index in [1.54, 1.807) is 0 Å². The van der Waals surface area contributed by atoms with E-state index in [0.717, 1.165) is 6.54 Å². The lowest BCUT2D eigenvalue weighted by Crippen LogP contribution is -3.15. The molecule has 1 saturated heterocycles. The normalized spacial score (nSPS) is 43.4. The van der Waals surface area contributed by atoms with Crippen LogP contribution in [0.1, 0.15) is 20.3 Å². The van der Waals surface area contributed by atoms with E-state index >= 15 is 0 Å². The zero-order valence-electron chi connectivity index (χ0n) is 9.33. The minimum absolute atomic E-state index is 0.0499. The van der Waals surface area contributed by atoms with Gasteiger partial charge in [0.2, 0.25) is 0 Å². The Balaban J connectivity index is 2.83. The van der Waals surface area contributed by atoms with E-state index in [4.69, 9.17) is 0 Å². The molecule has 1 unspecified atom stereocenters. The van der Waals surface area contributed by atoms with E-state index in [1.165, 1.54) is 12.0 Å². The van der Waals surface area contributed by atoms with Gasteiger partial charge in [0, 0.05) is 12.3 Å². The van der Waals surface area contributed by atoms with Gasteiger partial charge >= 0.3 is 5.97 Å². The first-order valence-corrected chi connectivity index (χ1v) is 5.05. The maximum atomic E-state index is 11.5. The number of hydrogen-bond acceptors (Lipinski definition) is 3. The zero-order valence-corrected chi connectivity index (χ0v) is 9.33. The van der Waals surface area contributed by atoms with Gasteiger partial charge in [-0.25, -0.2) is 4.79 Å². The Kier molecular flexibility index (Phi) is 3.17. The number of methoxy groups -OCH3 is 1. The summed E-state index contributed by atoms with van der Waals surface area (Å²) >= 11 is 0. The van der Waals surface area contributed by atoms with Crippen LogP contribution in [0, 0.1) is 5.92 Å². The monoisotopic (exact) mass is 202 g/mol. The second-order valence-electron chi connectivity index (χ2n) is 4.47. The van der Waals surface area contributed by atoms with Crippen LogP contribution < -0.4 is 4.90 Å². The molecule has 0 aromatic carbocycles. The van der Waals surface area contributed by atoms with E-state index in [2.05, 4.69) is 11.8 Å². The number of esters is 1. The Bertz CT molecular complexity index is 231. The van der Waals surface area contributed by atoms with Crippen molar-refractivity contribution in [1.82, 2.24) is 0 Å². The summed E-state index contributed by atoms with van der Waals surface area (Å²) in [6, 6.07) is 0.287. The van der Waals surface area contributed by atoms with Gasteiger partial charge in [0.15, 0.2) is 5.60 Å². The first-order chi connectivity index (χ1) is 6.41. The van der Waals surface area contributed by atoms with Crippen LogP contribution in [0.2, 0.25) is 0 Å². The summed E-state index contributed by atoms with van der Waals surface area (Å²) in [5.74, 6) is -0.546. The molecule has 0 saturated carbocycles. The second kappa shape index (κ2) is 3.87. The van der Waals surface area contributed by atoms with Gasteiger partial charge in [0.05, 0.1) is 26.7 Å². The topological polar surface area (TPSA) is 51.0 Å². The molecule has 4 heteroatoms. The van der Waals surface area contributed by atoms with Crippen LogP contribution in [0.15, 0.2) is 0 Å². The molecule has 0 aromatic rings. The number of piperidine rings is 1. The predicted molar refractivity (Wildman–Crippen MR) is 52.0 cm³/mol. The third-order valence-electron chi connectivity index (χ3n) is 3.44. The third kappa shape index (κ3) is 1.77. The summed E-state index contributed by atoms with van der Waals surface area (Å²) in [4.78, 5) is 12.8. The summed E-state index contributed by atoms with van der Waals surface area (Å²) in [7, 11) is 3.40. The largest absolute Gasteiger partial charge is 0.467 e. The minimum atomic E-state index is -1.28. The van der Waals surface area contributed by atoms with Gasteiger partial charge in [-0.15, -0.1) is 0 Å². The van der Waals surface area contributed by atoms with Crippen LogP contribution in [-0.4, -0.2) is 43.4 Å². The van der Waals surface area contributed by atoms with Crippen molar-refractivity contribution in [3.8, 4) is 0 Å². The molecule has 1 aliphatic rings. The number of aliphatic hydroxyl groups is 1. The fourth-order valence-electron chi connectivity index (χ4n) is 2.16.